The fourth-order valence-corrected chi connectivity index (χ4v) is 1.76. The third-order valence-corrected chi connectivity index (χ3v) is 2.66. The summed E-state index contributed by atoms with van der Waals surface area (Å²) in [5.74, 6) is 0.473. The maximum atomic E-state index is 6.08. The quantitative estimate of drug-likeness (QED) is 0.840. The van der Waals surface area contributed by atoms with Gasteiger partial charge in [0.25, 0.3) is 0 Å². The largest absolute Gasteiger partial charge is 0.384 e. The molecule has 0 bridgehead atoms. The van der Waals surface area contributed by atoms with Crippen molar-refractivity contribution in [2.24, 2.45) is 11.7 Å². The van der Waals surface area contributed by atoms with Gasteiger partial charge in [-0.2, -0.15) is 0 Å². The van der Waals surface area contributed by atoms with Crippen molar-refractivity contribution in [1.29, 1.82) is 0 Å². The van der Waals surface area contributed by atoms with Gasteiger partial charge in [-0.3, -0.25) is 0 Å². The minimum absolute atomic E-state index is 0.0624. The molecule has 2 nitrogen and oxygen atoms in total. The van der Waals surface area contributed by atoms with E-state index < -0.39 is 0 Å². The molecule has 2 N–H and O–H groups in total. The minimum atomic E-state index is 0.0624. The Bertz CT molecular complexity index is 286. The van der Waals surface area contributed by atoms with E-state index in [1.165, 1.54) is 0 Å². The van der Waals surface area contributed by atoms with Crippen molar-refractivity contribution in [3.8, 4) is 0 Å². The number of halogens is 1. The number of ether oxygens (including phenoxy) is 1. The summed E-state index contributed by atoms with van der Waals surface area (Å²) in [5, 5.41) is 0.746. The minimum Gasteiger partial charge on any atom is -0.384 e. The van der Waals surface area contributed by atoms with E-state index in [1.807, 2.05) is 24.3 Å². The van der Waals surface area contributed by atoms with Crippen molar-refractivity contribution in [3.63, 3.8) is 0 Å². The van der Waals surface area contributed by atoms with Gasteiger partial charge in [0.15, 0.2) is 0 Å². The van der Waals surface area contributed by atoms with E-state index in [0.717, 1.165) is 23.6 Å². The molecule has 0 heterocycles. The first kappa shape index (κ1) is 12.5. The summed E-state index contributed by atoms with van der Waals surface area (Å²) in [6.45, 7) is 2.89. The molecule has 0 amide bonds. The zero-order valence-electron chi connectivity index (χ0n) is 9.24. The number of nitrogens with two attached hydrogens (primary N) is 1. The molecule has 1 aromatic rings. The second kappa shape index (κ2) is 6.11. The van der Waals surface area contributed by atoms with Crippen LogP contribution in [0.5, 0.6) is 0 Å². The molecule has 1 aromatic carbocycles. The maximum Gasteiger partial charge on any atom is 0.0488 e. The first-order valence-electron chi connectivity index (χ1n) is 5.13. The Labute approximate surface area is 96.4 Å². The van der Waals surface area contributed by atoms with Crippen LogP contribution in [0.15, 0.2) is 24.3 Å². The third kappa shape index (κ3) is 4.20. The molecule has 0 radical (unpaired) electrons. The summed E-state index contributed by atoms with van der Waals surface area (Å²) in [7, 11) is 1.71. The molecular formula is C12H18ClNO. The van der Waals surface area contributed by atoms with Crippen molar-refractivity contribution >= 4 is 11.6 Å². The molecule has 0 saturated carbocycles. The number of rotatable bonds is 5. The van der Waals surface area contributed by atoms with Crippen LogP contribution in [0, 0.1) is 5.92 Å². The second-order valence-corrected chi connectivity index (χ2v) is 4.39. The van der Waals surface area contributed by atoms with Crippen molar-refractivity contribution in [1.82, 2.24) is 0 Å². The highest BCUT2D eigenvalue weighted by Crippen LogP contribution is 2.20. The number of methoxy groups -OCH3 is 1. The predicted molar refractivity (Wildman–Crippen MR) is 64.0 cm³/mol. The predicted octanol–water partition coefficient (Wildman–Crippen LogP) is 3.01. The lowest BCUT2D eigenvalue weighted by atomic mass is 9.97. The molecule has 2 unspecified atom stereocenters. The van der Waals surface area contributed by atoms with Crippen LogP contribution in [0.2, 0.25) is 5.02 Å². The molecular weight excluding hydrogens is 210 g/mol. The third-order valence-electron chi connectivity index (χ3n) is 2.41. The summed E-state index contributed by atoms with van der Waals surface area (Å²) in [4.78, 5) is 0. The van der Waals surface area contributed by atoms with Gasteiger partial charge in [0, 0.05) is 24.8 Å². The first-order valence-corrected chi connectivity index (χ1v) is 5.51. The average molecular weight is 228 g/mol. The van der Waals surface area contributed by atoms with E-state index in [-0.39, 0.29) is 6.04 Å². The molecule has 0 aliphatic carbocycles. The normalized spacial score (nSPS) is 14.9. The van der Waals surface area contributed by atoms with E-state index in [0.29, 0.717) is 5.92 Å². The van der Waals surface area contributed by atoms with Gasteiger partial charge in [-0.15, -0.1) is 0 Å². The van der Waals surface area contributed by atoms with Gasteiger partial charge >= 0.3 is 0 Å². The van der Waals surface area contributed by atoms with E-state index in [9.17, 15) is 0 Å². The van der Waals surface area contributed by atoms with Crippen molar-refractivity contribution in [2.75, 3.05) is 13.7 Å². The van der Waals surface area contributed by atoms with Gasteiger partial charge in [-0.05, 0) is 30.0 Å². The Morgan fingerprint density at radius 3 is 2.47 bits per heavy atom. The molecule has 15 heavy (non-hydrogen) atoms. The fourth-order valence-electron chi connectivity index (χ4n) is 1.63. The number of hydrogen-bond acceptors (Lipinski definition) is 2. The fraction of sp³-hybridized carbons (Fsp3) is 0.500. The Hall–Kier alpha value is -0.570. The van der Waals surface area contributed by atoms with E-state index in [2.05, 4.69) is 6.92 Å². The number of hydrogen-bond donors (Lipinski definition) is 1. The smallest absolute Gasteiger partial charge is 0.0488 e. The molecule has 1 rings (SSSR count). The molecule has 0 aromatic heterocycles. The Kier molecular flexibility index (Phi) is 5.09. The van der Waals surface area contributed by atoms with Crippen LogP contribution in [0.3, 0.4) is 0 Å². The molecule has 0 spiro atoms. The van der Waals surface area contributed by atoms with Crippen LogP contribution in [0.4, 0.5) is 0 Å². The monoisotopic (exact) mass is 227 g/mol. The molecule has 0 fully saturated rings. The lowest BCUT2D eigenvalue weighted by Crippen LogP contribution is -2.16. The summed E-state index contributed by atoms with van der Waals surface area (Å²) >= 11 is 5.81. The molecule has 3 heteroatoms. The Balaban J connectivity index is 2.53. The highest BCUT2D eigenvalue weighted by molar-refractivity contribution is 6.30. The van der Waals surface area contributed by atoms with Crippen LogP contribution in [0.1, 0.15) is 24.9 Å². The van der Waals surface area contributed by atoms with Gasteiger partial charge in [0.1, 0.15) is 0 Å². The maximum absolute atomic E-state index is 6.08. The van der Waals surface area contributed by atoms with E-state index >= 15 is 0 Å². The topological polar surface area (TPSA) is 35.2 Å². The summed E-state index contributed by atoms with van der Waals surface area (Å²) < 4.78 is 5.08. The van der Waals surface area contributed by atoms with E-state index in [4.69, 9.17) is 22.1 Å². The van der Waals surface area contributed by atoms with Gasteiger partial charge < -0.3 is 10.5 Å². The summed E-state index contributed by atoms with van der Waals surface area (Å²) in [6.07, 6.45) is 0.926. The van der Waals surface area contributed by atoms with E-state index in [1.54, 1.807) is 7.11 Å². The first-order chi connectivity index (χ1) is 7.13. The van der Waals surface area contributed by atoms with Crippen LogP contribution < -0.4 is 5.73 Å². The zero-order chi connectivity index (χ0) is 11.3. The summed E-state index contributed by atoms with van der Waals surface area (Å²) in [6, 6.07) is 7.77. The Morgan fingerprint density at radius 1 is 1.33 bits per heavy atom. The lowest BCUT2D eigenvalue weighted by molar-refractivity contribution is 0.152. The standard InChI is InChI=1S/C12H18ClNO/c1-9(8-15-2)7-12(14)10-3-5-11(13)6-4-10/h3-6,9,12H,7-8,14H2,1-2H3. The Morgan fingerprint density at radius 2 is 1.93 bits per heavy atom. The van der Waals surface area contributed by atoms with Crippen LogP contribution in [0.25, 0.3) is 0 Å². The van der Waals surface area contributed by atoms with Crippen molar-refractivity contribution < 1.29 is 4.74 Å². The van der Waals surface area contributed by atoms with Crippen LogP contribution in [-0.4, -0.2) is 13.7 Å². The highest BCUT2D eigenvalue weighted by Gasteiger charge is 2.10. The van der Waals surface area contributed by atoms with Crippen molar-refractivity contribution in [2.45, 2.75) is 19.4 Å². The van der Waals surface area contributed by atoms with Gasteiger partial charge in [-0.25, -0.2) is 0 Å². The van der Waals surface area contributed by atoms with Crippen LogP contribution in [-0.2, 0) is 4.74 Å². The lowest BCUT2D eigenvalue weighted by Gasteiger charge is -2.16. The van der Waals surface area contributed by atoms with Gasteiger partial charge in [-0.1, -0.05) is 30.7 Å². The average Bonchev–Trinajstić information content (AvgIpc) is 2.18. The van der Waals surface area contributed by atoms with Crippen LogP contribution >= 0.6 is 11.6 Å². The summed E-state index contributed by atoms with van der Waals surface area (Å²) in [5.41, 5.74) is 7.20. The number of benzene rings is 1. The second-order valence-electron chi connectivity index (χ2n) is 3.95. The molecule has 2 atom stereocenters. The molecule has 0 aliphatic rings. The van der Waals surface area contributed by atoms with Gasteiger partial charge in [0.05, 0.1) is 0 Å². The highest BCUT2D eigenvalue weighted by atomic mass is 35.5. The molecule has 0 saturated heterocycles. The SMILES string of the molecule is COCC(C)CC(N)c1ccc(Cl)cc1. The van der Waals surface area contributed by atoms with Crippen molar-refractivity contribution in [3.05, 3.63) is 34.9 Å². The molecule has 0 aliphatic heterocycles. The van der Waals surface area contributed by atoms with Gasteiger partial charge in [0.2, 0.25) is 0 Å². The molecule has 84 valence electrons. The zero-order valence-corrected chi connectivity index (χ0v) is 10.00.